The van der Waals surface area contributed by atoms with Crippen LogP contribution >= 0.6 is 27.5 Å². The smallest absolute Gasteiger partial charge is 0.0844 e. The topological polar surface area (TPSA) is 25.2 Å². The lowest BCUT2D eigenvalue weighted by atomic mass is 10.2. The number of halogens is 2. The summed E-state index contributed by atoms with van der Waals surface area (Å²) in [5.74, 6) is 0. The summed E-state index contributed by atoms with van der Waals surface area (Å²) in [5, 5.41) is 10.9. The first-order valence-corrected chi connectivity index (χ1v) is 5.36. The van der Waals surface area contributed by atoms with Crippen LogP contribution in [0.5, 0.6) is 0 Å². The minimum absolute atomic E-state index is 0.00208. The SMILES string of the molecule is Cn1c(CO)c(Br)c2cccc(Cl)c21. The van der Waals surface area contributed by atoms with E-state index in [1.807, 2.05) is 29.8 Å². The van der Waals surface area contributed by atoms with Crippen molar-refractivity contribution in [3.8, 4) is 0 Å². The van der Waals surface area contributed by atoms with E-state index < -0.39 is 0 Å². The van der Waals surface area contributed by atoms with Crippen molar-refractivity contribution < 1.29 is 5.11 Å². The molecule has 0 radical (unpaired) electrons. The molecule has 0 aliphatic heterocycles. The number of rotatable bonds is 1. The van der Waals surface area contributed by atoms with Gasteiger partial charge in [0.05, 0.1) is 22.8 Å². The van der Waals surface area contributed by atoms with Crippen LogP contribution < -0.4 is 0 Å². The Labute approximate surface area is 95.2 Å². The lowest BCUT2D eigenvalue weighted by Crippen LogP contribution is -1.95. The molecule has 0 fully saturated rings. The van der Waals surface area contributed by atoms with Crippen LogP contribution in [0.3, 0.4) is 0 Å². The number of fused-ring (bicyclic) bond motifs is 1. The van der Waals surface area contributed by atoms with Crippen LogP contribution in [0, 0.1) is 0 Å². The van der Waals surface area contributed by atoms with E-state index in [9.17, 15) is 5.11 Å². The molecule has 0 aliphatic carbocycles. The van der Waals surface area contributed by atoms with Gasteiger partial charge >= 0.3 is 0 Å². The van der Waals surface area contributed by atoms with Crippen molar-refractivity contribution >= 4 is 38.4 Å². The van der Waals surface area contributed by atoms with Crippen molar-refractivity contribution in [1.82, 2.24) is 4.57 Å². The van der Waals surface area contributed by atoms with Crippen LogP contribution in [0.2, 0.25) is 5.02 Å². The van der Waals surface area contributed by atoms with E-state index in [0.717, 1.165) is 21.1 Å². The number of aliphatic hydroxyl groups excluding tert-OH is 1. The van der Waals surface area contributed by atoms with Gasteiger partial charge in [-0.05, 0) is 22.0 Å². The predicted octanol–water partition coefficient (Wildman–Crippen LogP) is 3.09. The van der Waals surface area contributed by atoms with E-state index in [2.05, 4.69) is 15.9 Å². The van der Waals surface area contributed by atoms with E-state index in [1.54, 1.807) is 0 Å². The van der Waals surface area contributed by atoms with Crippen LogP contribution in [0.4, 0.5) is 0 Å². The van der Waals surface area contributed by atoms with Gasteiger partial charge in [0.1, 0.15) is 0 Å². The van der Waals surface area contributed by atoms with E-state index in [1.165, 1.54) is 0 Å². The molecule has 2 nitrogen and oxygen atoms in total. The summed E-state index contributed by atoms with van der Waals surface area (Å²) in [5.41, 5.74) is 1.79. The normalized spacial score (nSPS) is 11.1. The van der Waals surface area contributed by atoms with Gasteiger partial charge in [-0.15, -0.1) is 0 Å². The highest BCUT2D eigenvalue weighted by atomic mass is 79.9. The molecule has 0 bridgehead atoms. The second-order valence-electron chi connectivity index (χ2n) is 3.11. The van der Waals surface area contributed by atoms with Gasteiger partial charge in [-0.3, -0.25) is 0 Å². The highest BCUT2D eigenvalue weighted by Gasteiger charge is 2.13. The molecule has 74 valence electrons. The summed E-state index contributed by atoms with van der Waals surface area (Å²) in [6, 6.07) is 5.72. The van der Waals surface area contributed by atoms with Crippen LogP contribution in [0.1, 0.15) is 5.69 Å². The third-order valence-corrected chi connectivity index (χ3v) is 3.56. The average molecular weight is 275 g/mol. The van der Waals surface area contributed by atoms with Crippen LogP contribution in [-0.2, 0) is 13.7 Å². The first-order valence-electron chi connectivity index (χ1n) is 4.19. The fourth-order valence-corrected chi connectivity index (χ4v) is 2.66. The summed E-state index contributed by atoms with van der Waals surface area (Å²) < 4.78 is 2.82. The summed E-state index contributed by atoms with van der Waals surface area (Å²) in [6.45, 7) is 0.00208. The third kappa shape index (κ3) is 1.28. The maximum Gasteiger partial charge on any atom is 0.0844 e. The van der Waals surface area contributed by atoms with Gasteiger partial charge in [-0.1, -0.05) is 23.7 Å². The van der Waals surface area contributed by atoms with Crippen LogP contribution in [0.15, 0.2) is 22.7 Å². The van der Waals surface area contributed by atoms with Gasteiger partial charge in [0.15, 0.2) is 0 Å². The second-order valence-corrected chi connectivity index (χ2v) is 4.31. The van der Waals surface area contributed by atoms with E-state index in [0.29, 0.717) is 5.02 Å². The molecule has 0 atom stereocenters. The van der Waals surface area contributed by atoms with Crippen LogP contribution in [-0.4, -0.2) is 9.67 Å². The Morgan fingerprint density at radius 1 is 1.50 bits per heavy atom. The van der Waals surface area contributed by atoms with Crippen molar-refractivity contribution in [3.05, 3.63) is 33.4 Å². The molecule has 0 saturated heterocycles. The molecule has 1 aromatic heterocycles. The zero-order chi connectivity index (χ0) is 10.3. The molecule has 2 rings (SSSR count). The highest BCUT2D eigenvalue weighted by molar-refractivity contribution is 9.10. The van der Waals surface area contributed by atoms with Gasteiger partial charge in [-0.25, -0.2) is 0 Å². The number of hydrogen-bond acceptors (Lipinski definition) is 1. The summed E-state index contributed by atoms with van der Waals surface area (Å²) >= 11 is 9.54. The third-order valence-electron chi connectivity index (χ3n) is 2.37. The standard InChI is InChI=1S/C10H9BrClNO/c1-13-8(5-14)9(11)6-3-2-4-7(12)10(6)13/h2-4,14H,5H2,1H3. The van der Waals surface area contributed by atoms with Crippen molar-refractivity contribution in [2.24, 2.45) is 7.05 Å². The van der Waals surface area contributed by atoms with Crippen molar-refractivity contribution in [2.45, 2.75) is 6.61 Å². The molecule has 2 aromatic rings. The Balaban J connectivity index is 2.94. The van der Waals surface area contributed by atoms with Gasteiger partial charge in [0.25, 0.3) is 0 Å². The minimum Gasteiger partial charge on any atom is -0.390 e. The van der Waals surface area contributed by atoms with Gasteiger partial charge in [0, 0.05) is 16.9 Å². The minimum atomic E-state index is 0.00208. The molecule has 1 N–H and O–H groups in total. The van der Waals surface area contributed by atoms with Gasteiger partial charge < -0.3 is 9.67 Å². The zero-order valence-corrected chi connectivity index (χ0v) is 9.93. The first kappa shape index (κ1) is 10.0. The molecule has 14 heavy (non-hydrogen) atoms. The van der Waals surface area contributed by atoms with Crippen molar-refractivity contribution in [1.29, 1.82) is 0 Å². The Hall–Kier alpha value is -0.510. The Morgan fingerprint density at radius 2 is 2.21 bits per heavy atom. The molecular formula is C10H9BrClNO. The fraction of sp³-hybridized carbons (Fsp3) is 0.200. The molecular weight excluding hydrogens is 265 g/mol. The lowest BCUT2D eigenvalue weighted by molar-refractivity contribution is 0.272. The Kier molecular flexibility index (Phi) is 2.56. The summed E-state index contributed by atoms with van der Waals surface area (Å²) in [4.78, 5) is 0. The average Bonchev–Trinajstić information content (AvgIpc) is 2.41. The zero-order valence-electron chi connectivity index (χ0n) is 7.59. The second kappa shape index (κ2) is 3.57. The maximum atomic E-state index is 9.20. The monoisotopic (exact) mass is 273 g/mol. The van der Waals surface area contributed by atoms with Crippen molar-refractivity contribution in [3.63, 3.8) is 0 Å². The lowest BCUT2D eigenvalue weighted by Gasteiger charge is -2.01. The summed E-state index contributed by atoms with van der Waals surface area (Å²) in [7, 11) is 1.89. The Morgan fingerprint density at radius 3 is 2.79 bits per heavy atom. The molecule has 0 amide bonds. The number of aryl methyl sites for hydroxylation is 1. The quantitative estimate of drug-likeness (QED) is 0.849. The number of hydrogen-bond donors (Lipinski definition) is 1. The number of nitrogens with zero attached hydrogens (tertiary/aromatic N) is 1. The molecule has 4 heteroatoms. The maximum absolute atomic E-state index is 9.20. The van der Waals surface area contributed by atoms with Gasteiger partial charge in [-0.2, -0.15) is 0 Å². The first-order chi connectivity index (χ1) is 6.66. The molecule has 0 spiro atoms. The number of aromatic nitrogens is 1. The van der Waals surface area contributed by atoms with E-state index >= 15 is 0 Å². The molecule has 0 aliphatic rings. The largest absolute Gasteiger partial charge is 0.390 e. The fourth-order valence-electron chi connectivity index (χ4n) is 1.65. The number of aliphatic hydroxyl groups is 1. The van der Waals surface area contributed by atoms with E-state index in [4.69, 9.17) is 11.6 Å². The molecule has 1 heterocycles. The molecule has 1 aromatic carbocycles. The predicted molar refractivity (Wildman–Crippen MR) is 61.6 cm³/mol. The Bertz CT molecular complexity index is 492. The molecule has 0 unspecified atom stereocenters. The molecule has 0 saturated carbocycles. The number of para-hydroxylation sites is 1. The highest BCUT2D eigenvalue weighted by Crippen LogP contribution is 2.34. The van der Waals surface area contributed by atoms with Crippen LogP contribution in [0.25, 0.3) is 10.9 Å². The number of benzene rings is 1. The van der Waals surface area contributed by atoms with Gasteiger partial charge in [0.2, 0.25) is 0 Å². The van der Waals surface area contributed by atoms with E-state index in [-0.39, 0.29) is 6.61 Å². The summed E-state index contributed by atoms with van der Waals surface area (Å²) in [6.07, 6.45) is 0. The van der Waals surface area contributed by atoms with Crippen molar-refractivity contribution in [2.75, 3.05) is 0 Å².